The lowest BCUT2D eigenvalue weighted by molar-refractivity contribution is -0.0626. The average molecular weight is 351 g/mol. The fraction of sp³-hybridized carbons (Fsp3) is 0.632. The molecule has 2 saturated heterocycles. The van der Waals surface area contributed by atoms with E-state index in [1.807, 2.05) is 20.8 Å². The molecule has 0 saturated carbocycles. The van der Waals surface area contributed by atoms with Crippen LogP contribution in [0.3, 0.4) is 0 Å². The van der Waals surface area contributed by atoms with Gasteiger partial charge in [-0.15, -0.1) is 0 Å². The van der Waals surface area contributed by atoms with Crippen molar-refractivity contribution in [2.24, 2.45) is 0 Å². The third-order valence-electron chi connectivity index (χ3n) is 5.02. The number of ether oxygens (including phenoxy) is 2. The van der Waals surface area contributed by atoms with Crippen molar-refractivity contribution >= 4 is 6.09 Å². The third kappa shape index (κ3) is 3.59. The predicted molar refractivity (Wildman–Crippen MR) is 91.0 cm³/mol. The van der Waals surface area contributed by atoms with Crippen molar-refractivity contribution in [3.63, 3.8) is 0 Å². The zero-order valence-electron chi connectivity index (χ0n) is 15.2. The number of rotatable bonds is 2. The number of nitrogens with zero attached hydrogens (tertiary/aromatic N) is 1. The van der Waals surface area contributed by atoms with Gasteiger partial charge in [0.1, 0.15) is 17.2 Å². The van der Waals surface area contributed by atoms with Gasteiger partial charge in [0.25, 0.3) is 0 Å². The van der Waals surface area contributed by atoms with Gasteiger partial charge in [0.2, 0.25) is 0 Å². The lowest BCUT2D eigenvalue weighted by Gasteiger charge is -2.44. The van der Waals surface area contributed by atoms with Crippen LogP contribution in [0.5, 0.6) is 5.75 Å². The highest BCUT2D eigenvalue weighted by Crippen LogP contribution is 2.46. The number of carbonyl (C=O) groups is 1. The normalized spacial score (nSPS) is 28.8. The van der Waals surface area contributed by atoms with Crippen LogP contribution >= 0.6 is 0 Å². The van der Waals surface area contributed by atoms with E-state index in [9.17, 15) is 14.3 Å². The molecule has 0 aliphatic carbocycles. The Morgan fingerprint density at radius 3 is 2.36 bits per heavy atom. The minimum atomic E-state index is -1.17. The van der Waals surface area contributed by atoms with Gasteiger partial charge in [-0.3, -0.25) is 0 Å². The van der Waals surface area contributed by atoms with Crippen LogP contribution in [0.25, 0.3) is 0 Å². The Hall–Kier alpha value is -1.82. The fourth-order valence-corrected chi connectivity index (χ4v) is 4.02. The molecule has 2 aliphatic heterocycles. The number of hydrogen-bond acceptors (Lipinski definition) is 4. The molecule has 2 bridgehead atoms. The van der Waals surface area contributed by atoms with Gasteiger partial charge in [0.05, 0.1) is 12.7 Å². The molecule has 0 aromatic heterocycles. The highest BCUT2D eigenvalue weighted by atomic mass is 19.1. The smallest absolute Gasteiger partial charge is 0.410 e. The van der Waals surface area contributed by atoms with Crippen molar-refractivity contribution < 1.29 is 23.8 Å². The van der Waals surface area contributed by atoms with Crippen LogP contribution in [0.15, 0.2) is 18.2 Å². The summed E-state index contributed by atoms with van der Waals surface area (Å²) in [5.41, 5.74) is -1.22. The van der Waals surface area contributed by atoms with Gasteiger partial charge in [-0.2, -0.15) is 0 Å². The van der Waals surface area contributed by atoms with Crippen LogP contribution in [-0.4, -0.2) is 40.9 Å². The van der Waals surface area contributed by atoms with Crippen molar-refractivity contribution in [3.8, 4) is 5.75 Å². The molecule has 2 fully saturated rings. The third-order valence-corrected chi connectivity index (χ3v) is 5.02. The Bertz CT molecular complexity index is 656. The molecular weight excluding hydrogens is 325 g/mol. The van der Waals surface area contributed by atoms with Gasteiger partial charge in [-0.05, 0) is 51.3 Å². The van der Waals surface area contributed by atoms with Crippen LogP contribution in [0.2, 0.25) is 0 Å². The Labute approximate surface area is 147 Å². The molecule has 6 heteroatoms. The maximum absolute atomic E-state index is 13.9. The van der Waals surface area contributed by atoms with E-state index >= 15 is 0 Å². The molecule has 1 N–H and O–H groups in total. The second kappa shape index (κ2) is 6.16. The Morgan fingerprint density at radius 1 is 1.24 bits per heavy atom. The number of aliphatic hydroxyl groups is 1. The zero-order valence-corrected chi connectivity index (χ0v) is 15.2. The number of fused-ring (bicyclic) bond motifs is 2. The molecular formula is C19H26FNO4. The lowest BCUT2D eigenvalue weighted by Crippen LogP contribution is -2.53. The fourth-order valence-electron chi connectivity index (χ4n) is 4.02. The second-order valence-corrected chi connectivity index (χ2v) is 8.09. The molecule has 25 heavy (non-hydrogen) atoms. The second-order valence-electron chi connectivity index (χ2n) is 8.09. The summed E-state index contributed by atoms with van der Waals surface area (Å²) in [5.74, 6) is -0.0602. The monoisotopic (exact) mass is 351 g/mol. The van der Waals surface area contributed by atoms with E-state index in [4.69, 9.17) is 9.47 Å². The molecule has 2 aliphatic rings. The summed E-state index contributed by atoms with van der Waals surface area (Å²) < 4.78 is 24.5. The molecule has 0 radical (unpaired) electrons. The molecule has 0 spiro atoms. The van der Waals surface area contributed by atoms with E-state index in [1.54, 1.807) is 11.0 Å². The number of methoxy groups -OCH3 is 1. The number of amides is 1. The summed E-state index contributed by atoms with van der Waals surface area (Å²) in [6.45, 7) is 5.52. The van der Waals surface area contributed by atoms with Crippen molar-refractivity contribution in [2.75, 3.05) is 7.11 Å². The Kier molecular flexibility index (Phi) is 4.43. The SMILES string of the molecule is COc1cc(F)cc(C2(O)CC3CCC(C2)N3C(=O)OC(C)(C)C)c1. The predicted octanol–water partition coefficient (Wildman–Crippen LogP) is 3.58. The molecule has 1 aromatic rings. The zero-order chi connectivity index (χ0) is 18.4. The minimum absolute atomic E-state index is 0.104. The average Bonchev–Trinajstić information content (AvgIpc) is 2.78. The van der Waals surface area contributed by atoms with E-state index in [0.29, 0.717) is 24.2 Å². The Balaban J connectivity index is 1.83. The number of halogens is 1. The van der Waals surface area contributed by atoms with Gasteiger partial charge < -0.3 is 19.5 Å². The van der Waals surface area contributed by atoms with E-state index in [2.05, 4.69) is 0 Å². The van der Waals surface area contributed by atoms with Crippen molar-refractivity contribution in [1.82, 2.24) is 4.90 Å². The summed E-state index contributed by atoms with van der Waals surface area (Å²) in [5, 5.41) is 11.2. The summed E-state index contributed by atoms with van der Waals surface area (Å²) in [6.07, 6.45) is 2.04. The molecule has 5 nitrogen and oxygen atoms in total. The summed E-state index contributed by atoms with van der Waals surface area (Å²) >= 11 is 0. The van der Waals surface area contributed by atoms with Crippen LogP contribution in [-0.2, 0) is 10.3 Å². The number of hydrogen-bond donors (Lipinski definition) is 1. The topological polar surface area (TPSA) is 59.0 Å². The van der Waals surface area contributed by atoms with E-state index in [1.165, 1.54) is 19.2 Å². The first-order valence-corrected chi connectivity index (χ1v) is 8.70. The molecule has 2 heterocycles. The first-order chi connectivity index (χ1) is 11.6. The first-order valence-electron chi connectivity index (χ1n) is 8.70. The van der Waals surface area contributed by atoms with Gasteiger partial charge in [0, 0.05) is 31.0 Å². The Morgan fingerprint density at radius 2 is 1.84 bits per heavy atom. The van der Waals surface area contributed by atoms with Crippen molar-refractivity contribution in [2.45, 2.75) is 69.7 Å². The van der Waals surface area contributed by atoms with Crippen molar-refractivity contribution in [1.29, 1.82) is 0 Å². The minimum Gasteiger partial charge on any atom is -0.497 e. The van der Waals surface area contributed by atoms with E-state index < -0.39 is 17.0 Å². The molecule has 1 aromatic carbocycles. The van der Waals surface area contributed by atoms with Gasteiger partial charge in [0.15, 0.2) is 0 Å². The molecule has 3 rings (SSSR count). The summed E-state index contributed by atoms with van der Waals surface area (Å²) in [6, 6.07) is 4.11. The van der Waals surface area contributed by atoms with Crippen LogP contribution in [0.1, 0.15) is 52.0 Å². The van der Waals surface area contributed by atoms with Crippen molar-refractivity contribution in [3.05, 3.63) is 29.6 Å². The standard InChI is InChI=1S/C19H26FNO4/c1-18(2,3)25-17(22)21-14-5-6-15(21)11-19(23,10-14)12-7-13(20)9-16(8-12)24-4/h7-9,14-15,23H,5-6,10-11H2,1-4H3. The number of benzene rings is 1. The highest BCUT2D eigenvalue weighted by molar-refractivity contribution is 5.69. The summed E-state index contributed by atoms with van der Waals surface area (Å²) in [7, 11) is 1.47. The van der Waals surface area contributed by atoms with E-state index in [-0.39, 0.29) is 18.2 Å². The lowest BCUT2D eigenvalue weighted by atomic mass is 9.80. The van der Waals surface area contributed by atoms with Crippen LogP contribution in [0.4, 0.5) is 9.18 Å². The highest BCUT2D eigenvalue weighted by Gasteiger charge is 2.51. The number of piperidine rings is 1. The summed E-state index contributed by atoms with van der Waals surface area (Å²) in [4.78, 5) is 14.3. The van der Waals surface area contributed by atoms with Gasteiger partial charge in [-0.25, -0.2) is 9.18 Å². The molecule has 2 unspecified atom stereocenters. The quantitative estimate of drug-likeness (QED) is 0.885. The van der Waals surface area contributed by atoms with Gasteiger partial charge >= 0.3 is 6.09 Å². The first kappa shape index (κ1) is 18.0. The molecule has 1 amide bonds. The van der Waals surface area contributed by atoms with Crippen LogP contribution < -0.4 is 4.74 Å². The number of carbonyl (C=O) groups excluding carboxylic acids is 1. The maximum atomic E-state index is 13.9. The molecule has 138 valence electrons. The maximum Gasteiger partial charge on any atom is 0.410 e. The largest absolute Gasteiger partial charge is 0.497 e. The van der Waals surface area contributed by atoms with Crippen LogP contribution in [0, 0.1) is 5.82 Å². The van der Waals surface area contributed by atoms with Gasteiger partial charge in [-0.1, -0.05) is 0 Å². The molecule has 2 atom stereocenters. The van der Waals surface area contributed by atoms with E-state index in [0.717, 1.165) is 12.8 Å².